The minimum Gasteiger partial charge on any atom is -0.464 e. The summed E-state index contributed by atoms with van der Waals surface area (Å²) in [6, 6.07) is 6.74. The van der Waals surface area contributed by atoms with E-state index in [1.165, 1.54) is 12.1 Å². The Morgan fingerprint density at radius 1 is 1.18 bits per heavy atom. The highest BCUT2D eigenvalue weighted by atomic mass is 19.3. The lowest BCUT2D eigenvalue weighted by Gasteiger charge is -2.44. The molecule has 2 amide bonds. The summed E-state index contributed by atoms with van der Waals surface area (Å²) in [4.78, 5) is 43.2. The van der Waals surface area contributed by atoms with Crippen molar-refractivity contribution >= 4 is 17.8 Å². The largest absolute Gasteiger partial charge is 0.586 e. The molecule has 4 rings (SSSR count). The summed E-state index contributed by atoms with van der Waals surface area (Å²) in [7, 11) is 0. The fourth-order valence-corrected chi connectivity index (χ4v) is 4.05. The van der Waals surface area contributed by atoms with Gasteiger partial charge in [-0.25, -0.2) is 4.79 Å². The number of pyridine rings is 1. The van der Waals surface area contributed by atoms with Crippen molar-refractivity contribution in [2.45, 2.75) is 44.9 Å². The number of benzene rings is 1. The van der Waals surface area contributed by atoms with Gasteiger partial charge < -0.3 is 14.2 Å². The maximum absolute atomic E-state index is 13.3. The van der Waals surface area contributed by atoms with Crippen LogP contribution in [-0.2, 0) is 25.5 Å². The van der Waals surface area contributed by atoms with Gasteiger partial charge in [0.05, 0.1) is 12.5 Å². The van der Waals surface area contributed by atoms with Gasteiger partial charge in [0, 0.05) is 18.8 Å². The van der Waals surface area contributed by atoms with Gasteiger partial charge in [-0.1, -0.05) is 13.0 Å². The molecule has 1 aromatic heterocycles. The molecule has 1 saturated heterocycles. The van der Waals surface area contributed by atoms with Crippen LogP contribution in [-0.4, -0.2) is 46.6 Å². The number of carbonyl (C=O) groups is 3. The maximum atomic E-state index is 13.3. The van der Waals surface area contributed by atoms with E-state index >= 15 is 0 Å². The Balaban J connectivity index is 1.47. The van der Waals surface area contributed by atoms with Gasteiger partial charge in [-0.15, -0.1) is 8.78 Å². The summed E-state index contributed by atoms with van der Waals surface area (Å²) in [5.41, 5.74) is 1.37. The van der Waals surface area contributed by atoms with Crippen LogP contribution in [0.15, 0.2) is 42.7 Å². The number of carbonyl (C=O) groups excluding carboxylic acids is 3. The van der Waals surface area contributed by atoms with Gasteiger partial charge in [0.2, 0.25) is 11.8 Å². The molecule has 0 spiro atoms. The van der Waals surface area contributed by atoms with Gasteiger partial charge in [0.15, 0.2) is 11.5 Å². The number of rotatable bonds is 7. The summed E-state index contributed by atoms with van der Waals surface area (Å²) in [6.07, 6.45) is -0.395. The second-order valence-corrected chi connectivity index (χ2v) is 7.94. The number of imide groups is 1. The lowest BCUT2D eigenvalue weighted by molar-refractivity contribution is -0.286. The molecule has 3 heterocycles. The molecule has 174 valence electrons. The van der Waals surface area contributed by atoms with E-state index in [2.05, 4.69) is 14.5 Å². The molecular weight excluding hydrogens is 438 g/mol. The smallest absolute Gasteiger partial charge is 0.464 e. The lowest BCUT2D eigenvalue weighted by Crippen LogP contribution is -2.67. The van der Waals surface area contributed by atoms with Crippen LogP contribution in [0.1, 0.15) is 37.3 Å². The van der Waals surface area contributed by atoms with Crippen LogP contribution in [0.2, 0.25) is 0 Å². The third-order valence-corrected chi connectivity index (χ3v) is 5.69. The quantitative estimate of drug-likeness (QED) is 0.463. The van der Waals surface area contributed by atoms with Crippen molar-refractivity contribution in [1.29, 1.82) is 0 Å². The summed E-state index contributed by atoms with van der Waals surface area (Å²) in [5, 5.41) is 0. The van der Waals surface area contributed by atoms with E-state index < -0.39 is 42.0 Å². The summed E-state index contributed by atoms with van der Waals surface area (Å²) in [6.45, 7) is 3.48. The Bertz CT molecular complexity index is 1080. The van der Waals surface area contributed by atoms with E-state index in [0.29, 0.717) is 5.56 Å². The van der Waals surface area contributed by atoms with Crippen molar-refractivity contribution in [2.24, 2.45) is 5.92 Å². The number of amides is 2. The third-order valence-electron chi connectivity index (χ3n) is 5.69. The molecule has 1 aromatic carbocycles. The van der Waals surface area contributed by atoms with Crippen LogP contribution in [0.4, 0.5) is 8.78 Å². The average Bonchev–Trinajstić information content (AvgIpc) is 3.09. The summed E-state index contributed by atoms with van der Waals surface area (Å²) < 4.78 is 40.5. The van der Waals surface area contributed by atoms with Gasteiger partial charge >= 0.3 is 12.3 Å². The van der Waals surface area contributed by atoms with Crippen LogP contribution in [0.25, 0.3) is 0 Å². The SMILES string of the molecule is CCOC(=O)[C@@H]1[C@@H](Cc2ccncc2)C(=O)N1C(=O)C[C@H](C)c1ccc2c(c1)OC(F)(F)O2. The standard InChI is InChI=1S/C23H22F2N2O6/c1-3-31-22(30)20-16(11-14-6-8-26-9-7-14)21(29)27(20)19(28)10-13(2)15-4-5-17-18(12-15)33-23(24,25)32-17/h4-9,12-13,16,20H,3,10-11H2,1-2H3/t13-,16+,20-/m0/s1. The van der Waals surface area contributed by atoms with E-state index in [-0.39, 0.29) is 30.9 Å². The fraction of sp³-hybridized carbons (Fsp3) is 0.391. The lowest BCUT2D eigenvalue weighted by atomic mass is 9.81. The predicted octanol–water partition coefficient (Wildman–Crippen LogP) is 3.06. The molecule has 0 saturated carbocycles. The highest BCUT2D eigenvalue weighted by Crippen LogP contribution is 2.42. The molecule has 0 radical (unpaired) electrons. The van der Waals surface area contributed by atoms with Crippen molar-refractivity contribution in [1.82, 2.24) is 9.88 Å². The molecule has 0 bridgehead atoms. The molecule has 1 fully saturated rings. The molecule has 0 aliphatic carbocycles. The molecule has 2 aliphatic heterocycles. The van der Waals surface area contributed by atoms with Crippen molar-refractivity contribution in [3.8, 4) is 11.5 Å². The van der Waals surface area contributed by atoms with Crippen molar-refractivity contribution in [3.05, 3.63) is 53.9 Å². The Kier molecular flexibility index (Phi) is 6.01. The number of esters is 1. The summed E-state index contributed by atoms with van der Waals surface area (Å²) in [5.74, 6) is -3.00. The zero-order valence-electron chi connectivity index (χ0n) is 18.0. The Hall–Kier alpha value is -3.56. The van der Waals surface area contributed by atoms with Crippen molar-refractivity contribution in [2.75, 3.05) is 6.61 Å². The van der Waals surface area contributed by atoms with Gasteiger partial charge in [0.25, 0.3) is 0 Å². The minimum absolute atomic E-state index is 0.0958. The highest BCUT2D eigenvalue weighted by Gasteiger charge is 2.55. The molecule has 0 unspecified atom stereocenters. The number of fused-ring (bicyclic) bond motifs is 1. The van der Waals surface area contributed by atoms with E-state index in [9.17, 15) is 23.2 Å². The number of ether oxygens (including phenoxy) is 3. The fourth-order valence-electron chi connectivity index (χ4n) is 4.05. The van der Waals surface area contributed by atoms with Gasteiger partial charge in [-0.2, -0.15) is 0 Å². The van der Waals surface area contributed by atoms with Crippen LogP contribution >= 0.6 is 0 Å². The first-order valence-corrected chi connectivity index (χ1v) is 10.5. The van der Waals surface area contributed by atoms with Crippen LogP contribution in [0.3, 0.4) is 0 Å². The Morgan fingerprint density at radius 3 is 2.58 bits per heavy atom. The molecule has 8 nitrogen and oxygen atoms in total. The number of alkyl halides is 2. The second-order valence-electron chi connectivity index (χ2n) is 7.94. The Labute approximate surface area is 188 Å². The minimum atomic E-state index is -3.74. The van der Waals surface area contributed by atoms with E-state index in [1.54, 1.807) is 44.4 Å². The number of aromatic nitrogens is 1. The number of likely N-dealkylation sites (tertiary alicyclic amines) is 1. The molecular formula is C23H22F2N2O6. The first kappa shape index (κ1) is 22.6. The molecule has 3 atom stereocenters. The zero-order chi connectivity index (χ0) is 23.8. The molecule has 0 N–H and O–H groups in total. The van der Waals surface area contributed by atoms with Gasteiger partial charge in [-0.05, 0) is 54.7 Å². The zero-order valence-corrected chi connectivity index (χ0v) is 18.0. The Morgan fingerprint density at radius 2 is 1.88 bits per heavy atom. The molecule has 2 aromatic rings. The average molecular weight is 460 g/mol. The third kappa shape index (κ3) is 4.50. The van der Waals surface area contributed by atoms with E-state index in [0.717, 1.165) is 10.5 Å². The maximum Gasteiger partial charge on any atom is 0.586 e. The predicted molar refractivity (Wildman–Crippen MR) is 109 cm³/mol. The second kappa shape index (κ2) is 8.76. The van der Waals surface area contributed by atoms with Gasteiger partial charge in [0.1, 0.15) is 6.04 Å². The number of halogens is 2. The molecule has 33 heavy (non-hydrogen) atoms. The van der Waals surface area contributed by atoms with Crippen molar-refractivity contribution in [3.63, 3.8) is 0 Å². The van der Waals surface area contributed by atoms with Gasteiger partial charge in [-0.3, -0.25) is 19.5 Å². The first-order chi connectivity index (χ1) is 15.7. The normalized spacial score (nSPS) is 21.3. The number of hydrogen-bond acceptors (Lipinski definition) is 7. The highest BCUT2D eigenvalue weighted by molar-refractivity contribution is 6.08. The van der Waals surface area contributed by atoms with Crippen LogP contribution in [0.5, 0.6) is 11.5 Å². The number of hydrogen-bond donors (Lipinski definition) is 0. The van der Waals surface area contributed by atoms with E-state index in [1.807, 2.05) is 0 Å². The van der Waals surface area contributed by atoms with E-state index in [4.69, 9.17) is 4.74 Å². The topological polar surface area (TPSA) is 95.0 Å². The monoisotopic (exact) mass is 460 g/mol. The van der Waals surface area contributed by atoms with Crippen LogP contribution < -0.4 is 9.47 Å². The number of nitrogens with zero attached hydrogens (tertiary/aromatic N) is 2. The van der Waals surface area contributed by atoms with Crippen LogP contribution in [0, 0.1) is 5.92 Å². The first-order valence-electron chi connectivity index (χ1n) is 10.5. The number of β-lactam (4-membered cyclic amide) rings is 1. The van der Waals surface area contributed by atoms with Crippen molar-refractivity contribution < 1.29 is 37.4 Å². The molecule has 10 heteroatoms. The summed E-state index contributed by atoms with van der Waals surface area (Å²) >= 11 is 0. The molecule has 2 aliphatic rings.